The van der Waals surface area contributed by atoms with E-state index in [1.54, 1.807) is 26.2 Å². The number of carbonyl (C=O) groups is 2. The minimum atomic E-state index is -0.324. The lowest BCUT2D eigenvalue weighted by Gasteiger charge is -2.43. The molecule has 20 nitrogen and oxygen atoms in total. The fraction of sp³-hybridized carbons (Fsp3) is 0.500. The Morgan fingerprint density at radius 1 is 0.618 bits per heavy atom. The summed E-state index contributed by atoms with van der Waals surface area (Å²) in [6.07, 6.45) is 3.97. The van der Waals surface area contributed by atoms with E-state index in [1.807, 2.05) is 74.5 Å². The molecule has 2 amide bonds. The number of ether oxygens (including phenoxy) is 6. The summed E-state index contributed by atoms with van der Waals surface area (Å²) in [6.45, 7) is 20.9. The van der Waals surface area contributed by atoms with Crippen LogP contribution in [0.15, 0.2) is 72.8 Å². The number of aromatic nitrogens is 6. The SMILES string of the molecule is CCCOCC.CCCOCC.CNC(=O)c1cccc(-c2ccc3c(N)nc(N4C[C@@]5(CCOC5)OC[C@@H]4C)nc3n2)c1.CNC(=O)c1cccc(-c2ccc3c(N)nc(N4C[C@]5(CCOC5)OC[C@@H]4C)nc3n2)c1. The highest BCUT2D eigenvalue weighted by molar-refractivity contribution is 5.96. The van der Waals surface area contributed by atoms with Gasteiger partial charge in [0.1, 0.15) is 22.8 Å². The number of nitrogens with one attached hydrogen (secondary N) is 2. The molecule has 6 N–H and O–H groups in total. The smallest absolute Gasteiger partial charge is 0.251 e. The third kappa shape index (κ3) is 14.0. The van der Waals surface area contributed by atoms with E-state index in [4.69, 9.17) is 59.8 Å². The van der Waals surface area contributed by atoms with Crippen LogP contribution in [0.2, 0.25) is 0 Å². The summed E-state index contributed by atoms with van der Waals surface area (Å²) >= 11 is 0. The van der Waals surface area contributed by atoms with Crippen molar-refractivity contribution >= 4 is 57.4 Å². The van der Waals surface area contributed by atoms with E-state index < -0.39 is 0 Å². The maximum absolute atomic E-state index is 12.0. The number of hydrogen-bond acceptors (Lipinski definition) is 18. The molecule has 2 aromatic carbocycles. The summed E-state index contributed by atoms with van der Waals surface area (Å²) in [7, 11) is 3.22. The van der Waals surface area contributed by atoms with Gasteiger partial charge in [-0.3, -0.25) is 9.59 Å². The van der Waals surface area contributed by atoms with Crippen LogP contribution in [0.3, 0.4) is 0 Å². The molecule has 4 saturated heterocycles. The average Bonchev–Trinajstić information content (AvgIpc) is 4.16. The fourth-order valence-corrected chi connectivity index (χ4v) is 9.11. The summed E-state index contributed by atoms with van der Waals surface area (Å²) in [5.74, 6) is 1.57. The first-order valence-corrected chi connectivity index (χ1v) is 26.4. The normalized spacial score (nSPS) is 20.8. The Labute approximate surface area is 446 Å². The highest BCUT2D eigenvalue weighted by atomic mass is 16.6. The van der Waals surface area contributed by atoms with Crippen molar-refractivity contribution in [2.45, 2.75) is 90.5 Å². The molecule has 4 aromatic heterocycles. The molecular formula is C56H76N12O8. The molecule has 4 aliphatic rings. The first kappa shape index (κ1) is 57.0. The number of rotatable bonds is 12. The third-order valence-corrected chi connectivity index (χ3v) is 13.4. The predicted octanol–water partition coefficient (Wildman–Crippen LogP) is 6.90. The monoisotopic (exact) mass is 1040 g/mol. The largest absolute Gasteiger partial charge is 0.383 e. The highest BCUT2D eigenvalue weighted by Crippen LogP contribution is 2.35. The van der Waals surface area contributed by atoms with E-state index in [0.29, 0.717) is 121 Å². The lowest BCUT2D eigenvalue weighted by Crippen LogP contribution is -2.56. The number of anilines is 4. The van der Waals surface area contributed by atoms with Gasteiger partial charge in [0, 0.05) is 88.8 Å². The number of pyridine rings is 2. The quantitative estimate of drug-likeness (QED) is 0.0910. The van der Waals surface area contributed by atoms with Crippen molar-refractivity contribution in [1.29, 1.82) is 0 Å². The van der Waals surface area contributed by atoms with Gasteiger partial charge in [-0.2, -0.15) is 19.9 Å². The Morgan fingerprint density at radius 2 is 1.04 bits per heavy atom. The molecule has 4 aliphatic heterocycles. The molecule has 20 heteroatoms. The van der Waals surface area contributed by atoms with Crippen molar-refractivity contribution in [2.75, 3.05) is 115 Å². The molecule has 0 aliphatic carbocycles. The highest BCUT2D eigenvalue weighted by Gasteiger charge is 2.45. The van der Waals surface area contributed by atoms with Crippen molar-refractivity contribution in [3.05, 3.63) is 83.9 Å². The molecule has 10 rings (SSSR count). The van der Waals surface area contributed by atoms with Crippen LogP contribution in [-0.2, 0) is 28.4 Å². The molecule has 0 radical (unpaired) electrons. The van der Waals surface area contributed by atoms with Gasteiger partial charge in [0.05, 0.1) is 73.8 Å². The summed E-state index contributed by atoms with van der Waals surface area (Å²) < 4.78 is 33.4. The van der Waals surface area contributed by atoms with Crippen LogP contribution in [-0.4, -0.2) is 158 Å². The van der Waals surface area contributed by atoms with Gasteiger partial charge in [-0.1, -0.05) is 38.1 Å². The molecule has 0 unspecified atom stereocenters. The second kappa shape index (κ2) is 26.9. The van der Waals surface area contributed by atoms with Crippen molar-refractivity contribution in [2.24, 2.45) is 0 Å². The maximum Gasteiger partial charge on any atom is 0.251 e. The number of fused-ring (bicyclic) bond motifs is 2. The lowest BCUT2D eigenvalue weighted by molar-refractivity contribution is -0.0705. The van der Waals surface area contributed by atoms with Gasteiger partial charge in [0.25, 0.3) is 11.8 Å². The molecule has 4 fully saturated rings. The summed E-state index contributed by atoms with van der Waals surface area (Å²) in [6, 6.07) is 22.4. The van der Waals surface area contributed by atoms with Gasteiger partial charge >= 0.3 is 0 Å². The van der Waals surface area contributed by atoms with Gasteiger partial charge in [-0.15, -0.1) is 0 Å². The zero-order valence-corrected chi connectivity index (χ0v) is 45.4. The van der Waals surface area contributed by atoms with Gasteiger partial charge in [-0.05, 0) is 89.1 Å². The summed E-state index contributed by atoms with van der Waals surface area (Å²) in [4.78, 5) is 56.5. The van der Waals surface area contributed by atoms with Crippen LogP contribution in [0.1, 0.15) is 87.9 Å². The van der Waals surface area contributed by atoms with E-state index in [-0.39, 0.29) is 35.1 Å². The topological polar surface area (TPSA) is 249 Å². The molecule has 76 heavy (non-hydrogen) atoms. The van der Waals surface area contributed by atoms with E-state index in [0.717, 1.165) is 63.2 Å². The van der Waals surface area contributed by atoms with Gasteiger partial charge < -0.3 is 60.3 Å². The molecule has 8 heterocycles. The summed E-state index contributed by atoms with van der Waals surface area (Å²) in [5, 5.41) is 6.68. The number of nitrogen functional groups attached to an aromatic ring is 2. The van der Waals surface area contributed by atoms with E-state index in [2.05, 4.69) is 58.1 Å². The van der Waals surface area contributed by atoms with E-state index in [9.17, 15) is 9.59 Å². The van der Waals surface area contributed by atoms with E-state index in [1.165, 1.54) is 0 Å². The molecule has 4 atom stereocenters. The minimum Gasteiger partial charge on any atom is -0.383 e. The minimum absolute atomic E-state index is 0.102. The number of nitrogens with zero attached hydrogens (tertiary/aromatic N) is 8. The Hall–Kier alpha value is -6.68. The Morgan fingerprint density at radius 3 is 1.38 bits per heavy atom. The maximum atomic E-state index is 12.0. The van der Waals surface area contributed by atoms with Gasteiger partial charge in [0.15, 0.2) is 11.3 Å². The second-order valence-electron chi connectivity index (χ2n) is 19.2. The number of hydrogen-bond donors (Lipinski definition) is 4. The first-order chi connectivity index (χ1) is 36.8. The number of morpholine rings is 2. The molecule has 0 saturated carbocycles. The first-order valence-electron chi connectivity index (χ1n) is 26.4. The molecule has 408 valence electrons. The number of nitrogens with two attached hydrogens (primary N) is 2. The average molecular weight is 1050 g/mol. The van der Waals surface area contributed by atoms with E-state index >= 15 is 0 Å². The fourth-order valence-electron chi connectivity index (χ4n) is 9.11. The standard InChI is InChI=1S/2C23H26N6O3.2C5H12O/c2*1-14-11-32-23(8-9-31-13-23)12-29(14)22-27-19(24)17-6-7-18(26-20(17)28-22)15-4-3-5-16(10-15)21(30)25-2;2*1-3-5-6-4-2/h2*3-7,10,14H,8-9,11-13H2,1-2H3,(H,25,30)(H2,24,26,27,28);2*3-5H2,1-2H3/t14-,23+;14-,23-;;/m00../s1. The van der Waals surface area contributed by atoms with Gasteiger partial charge in [-0.25, -0.2) is 9.97 Å². The third-order valence-electron chi connectivity index (χ3n) is 13.4. The zero-order chi connectivity index (χ0) is 54.2. The Bertz CT molecular complexity index is 2680. The molecule has 6 aromatic rings. The predicted molar refractivity (Wildman–Crippen MR) is 297 cm³/mol. The van der Waals surface area contributed by atoms with Crippen LogP contribution in [0.5, 0.6) is 0 Å². The molecular weight excluding hydrogens is 969 g/mol. The number of amides is 2. The van der Waals surface area contributed by atoms with Crippen molar-refractivity contribution < 1.29 is 38.0 Å². The molecule has 2 spiro atoms. The Kier molecular flexibility index (Phi) is 20.2. The van der Waals surface area contributed by atoms with Crippen molar-refractivity contribution in [3.63, 3.8) is 0 Å². The van der Waals surface area contributed by atoms with Gasteiger partial charge in [0.2, 0.25) is 11.9 Å². The zero-order valence-electron chi connectivity index (χ0n) is 45.4. The summed E-state index contributed by atoms with van der Waals surface area (Å²) in [5.41, 5.74) is 17.2. The van der Waals surface area contributed by atoms with Crippen molar-refractivity contribution in [1.82, 2.24) is 40.5 Å². The van der Waals surface area contributed by atoms with Crippen LogP contribution in [0.4, 0.5) is 23.5 Å². The van der Waals surface area contributed by atoms with Crippen LogP contribution in [0.25, 0.3) is 44.6 Å². The van der Waals surface area contributed by atoms with Crippen LogP contribution >= 0.6 is 0 Å². The Balaban J connectivity index is 0.000000182. The lowest BCUT2D eigenvalue weighted by atomic mass is 9.99. The van der Waals surface area contributed by atoms with Crippen LogP contribution in [0, 0.1) is 0 Å². The van der Waals surface area contributed by atoms with Crippen molar-refractivity contribution in [3.8, 4) is 22.5 Å². The second-order valence-corrected chi connectivity index (χ2v) is 19.2. The van der Waals surface area contributed by atoms with Crippen LogP contribution < -0.4 is 31.9 Å². The molecule has 0 bridgehead atoms. The number of benzene rings is 2. The number of carbonyl (C=O) groups excluding carboxylic acids is 2.